The maximum absolute atomic E-state index is 8.96. The third-order valence-corrected chi connectivity index (χ3v) is 2.11. The molecule has 0 radical (unpaired) electrons. The van der Waals surface area contributed by atoms with Crippen molar-refractivity contribution >= 4 is 0 Å². The molecule has 14 heavy (non-hydrogen) atoms. The predicted octanol–water partition coefficient (Wildman–Crippen LogP) is 2.30. The van der Waals surface area contributed by atoms with Crippen molar-refractivity contribution in [1.82, 2.24) is 4.98 Å². The molecule has 0 saturated heterocycles. The van der Waals surface area contributed by atoms with E-state index in [1.165, 1.54) is 7.11 Å². The number of aromatic nitrogens is 1. The number of methoxy groups -OCH3 is 1. The fourth-order valence-electron chi connectivity index (χ4n) is 1.33. The molecule has 0 amide bonds. The van der Waals surface area contributed by atoms with E-state index in [-0.39, 0.29) is 0 Å². The molecule has 1 aromatic rings. The number of hydrogen-bond acceptors (Lipinski definition) is 3. The average molecular weight is 190 g/mol. The number of aryl methyl sites for hydroxylation is 1. The first-order valence-electron chi connectivity index (χ1n) is 4.75. The number of pyridine rings is 1. The normalized spacial score (nSPS) is 9.50. The molecular weight excluding hydrogens is 176 g/mol. The fourth-order valence-corrected chi connectivity index (χ4v) is 1.33. The molecule has 1 heterocycles. The standard InChI is InChI=1S/C11H14N2O/c1-3-4-5-9-6-7-13-11(14-2)10(9)8-12/h6-7H,3-5H2,1-2H3. The highest BCUT2D eigenvalue weighted by Crippen LogP contribution is 2.19. The lowest BCUT2D eigenvalue weighted by Gasteiger charge is -2.06. The molecule has 0 atom stereocenters. The molecule has 74 valence electrons. The van der Waals surface area contributed by atoms with Crippen molar-refractivity contribution in [2.75, 3.05) is 7.11 Å². The van der Waals surface area contributed by atoms with Gasteiger partial charge in [-0.1, -0.05) is 13.3 Å². The van der Waals surface area contributed by atoms with Crippen LogP contribution in [0, 0.1) is 11.3 Å². The van der Waals surface area contributed by atoms with E-state index in [1.54, 1.807) is 6.20 Å². The van der Waals surface area contributed by atoms with E-state index in [9.17, 15) is 0 Å². The SMILES string of the molecule is CCCCc1ccnc(OC)c1C#N. The Morgan fingerprint density at radius 2 is 2.36 bits per heavy atom. The van der Waals surface area contributed by atoms with Crippen LogP contribution in [0.5, 0.6) is 5.88 Å². The highest BCUT2D eigenvalue weighted by Gasteiger charge is 2.08. The summed E-state index contributed by atoms with van der Waals surface area (Å²) in [5, 5.41) is 8.96. The van der Waals surface area contributed by atoms with Crippen LogP contribution < -0.4 is 4.74 Å². The van der Waals surface area contributed by atoms with E-state index in [4.69, 9.17) is 10.00 Å². The van der Waals surface area contributed by atoms with Crippen molar-refractivity contribution in [2.45, 2.75) is 26.2 Å². The summed E-state index contributed by atoms with van der Waals surface area (Å²) in [6, 6.07) is 4.02. The van der Waals surface area contributed by atoms with Crippen molar-refractivity contribution in [3.05, 3.63) is 23.4 Å². The summed E-state index contributed by atoms with van der Waals surface area (Å²) < 4.78 is 5.02. The molecule has 0 aromatic carbocycles. The Labute approximate surface area is 84.3 Å². The van der Waals surface area contributed by atoms with Crippen LogP contribution in [0.2, 0.25) is 0 Å². The highest BCUT2D eigenvalue weighted by molar-refractivity contribution is 5.44. The maximum atomic E-state index is 8.96. The molecule has 0 aliphatic carbocycles. The van der Waals surface area contributed by atoms with E-state index in [2.05, 4.69) is 18.0 Å². The van der Waals surface area contributed by atoms with Gasteiger partial charge in [-0.3, -0.25) is 0 Å². The minimum Gasteiger partial charge on any atom is -0.480 e. The summed E-state index contributed by atoms with van der Waals surface area (Å²) in [6.07, 6.45) is 4.81. The Bertz CT molecular complexity index is 342. The Morgan fingerprint density at radius 3 is 2.93 bits per heavy atom. The number of nitriles is 1. The highest BCUT2D eigenvalue weighted by atomic mass is 16.5. The van der Waals surface area contributed by atoms with E-state index >= 15 is 0 Å². The molecule has 1 aromatic heterocycles. The molecule has 0 unspecified atom stereocenters. The Kier molecular flexibility index (Phi) is 3.93. The zero-order valence-electron chi connectivity index (χ0n) is 8.58. The van der Waals surface area contributed by atoms with Crippen LogP contribution in [0.4, 0.5) is 0 Å². The monoisotopic (exact) mass is 190 g/mol. The van der Waals surface area contributed by atoms with Crippen molar-refractivity contribution < 1.29 is 4.74 Å². The van der Waals surface area contributed by atoms with Crippen LogP contribution in [0.15, 0.2) is 12.3 Å². The van der Waals surface area contributed by atoms with Gasteiger partial charge in [0.25, 0.3) is 0 Å². The number of nitrogens with zero attached hydrogens (tertiary/aromatic N) is 2. The third kappa shape index (κ3) is 2.23. The molecule has 0 saturated carbocycles. The van der Waals surface area contributed by atoms with Gasteiger partial charge in [-0.15, -0.1) is 0 Å². The zero-order valence-corrected chi connectivity index (χ0v) is 8.58. The molecule has 3 nitrogen and oxygen atoms in total. The molecule has 1 rings (SSSR count). The van der Waals surface area contributed by atoms with Crippen LogP contribution in [0.1, 0.15) is 30.9 Å². The molecule has 0 fully saturated rings. The third-order valence-electron chi connectivity index (χ3n) is 2.11. The van der Waals surface area contributed by atoms with Crippen LogP contribution in [0.3, 0.4) is 0 Å². The number of ether oxygens (including phenoxy) is 1. The Morgan fingerprint density at radius 1 is 1.57 bits per heavy atom. The molecular formula is C11H14N2O. The summed E-state index contributed by atoms with van der Waals surface area (Å²) >= 11 is 0. The first-order valence-corrected chi connectivity index (χ1v) is 4.75. The average Bonchev–Trinajstić information content (AvgIpc) is 2.25. The smallest absolute Gasteiger partial charge is 0.231 e. The number of rotatable bonds is 4. The topological polar surface area (TPSA) is 45.9 Å². The van der Waals surface area contributed by atoms with Crippen molar-refractivity contribution in [1.29, 1.82) is 5.26 Å². The van der Waals surface area contributed by atoms with Gasteiger partial charge in [0.05, 0.1) is 7.11 Å². The van der Waals surface area contributed by atoms with E-state index in [0.29, 0.717) is 11.4 Å². The quantitative estimate of drug-likeness (QED) is 0.731. The van der Waals surface area contributed by atoms with Crippen LogP contribution in [-0.2, 0) is 6.42 Å². The summed E-state index contributed by atoms with van der Waals surface area (Å²) in [4.78, 5) is 3.99. The Hall–Kier alpha value is -1.56. The van der Waals surface area contributed by atoms with Crippen molar-refractivity contribution in [3.8, 4) is 11.9 Å². The van der Waals surface area contributed by atoms with Gasteiger partial charge in [-0.25, -0.2) is 4.98 Å². The summed E-state index contributed by atoms with van der Waals surface area (Å²) in [7, 11) is 1.53. The minimum atomic E-state index is 0.432. The molecule has 0 spiro atoms. The zero-order chi connectivity index (χ0) is 10.4. The summed E-state index contributed by atoms with van der Waals surface area (Å²) in [5.74, 6) is 0.432. The predicted molar refractivity (Wildman–Crippen MR) is 54.1 cm³/mol. The summed E-state index contributed by atoms with van der Waals surface area (Å²) in [6.45, 7) is 2.13. The first kappa shape index (κ1) is 10.5. The lowest BCUT2D eigenvalue weighted by atomic mass is 10.0. The fraction of sp³-hybridized carbons (Fsp3) is 0.455. The second kappa shape index (κ2) is 5.23. The number of unbranched alkanes of at least 4 members (excludes halogenated alkanes) is 1. The van der Waals surface area contributed by atoms with Gasteiger partial charge in [0.2, 0.25) is 5.88 Å². The van der Waals surface area contributed by atoms with E-state index < -0.39 is 0 Å². The lowest BCUT2D eigenvalue weighted by molar-refractivity contribution is 0.395. The molecule has 0 aliphatic heterocycles. The van der Waals surface area contributed by atoms with Crippen LogP contribution >= 0.6 is 0 Å². The van der Waals surface area contributed by atoms with Gasteiger partial charge < -0.3 is 4.74 Å². The van der Waals surface area contributed by atoms with Gasteiger partial charge in [0, 0.05) is 6.20 Å². The Balaban J connectivity index is 2.98. The lowest BCUT2D eigenvalue weighted by Crippen LogP contribution is -1.97. The van der Waals surface area contributed by atoms with Gasteiger partial charge >= 0.3 is 0 Å². The van der Waals surface area contributed by atoms with Gasteiger partial charge in [-0.2, -0.15) is 5.26 Å². The van der Waals surface area contributed by atoms with Crippen LogP contribution in [-0.4, -0.2) is 12.1 Å². The molecule has 0 bridgehead atoms. The van der Waals surface area contributed by atoms with E-state index in [1.807, 2.05) is 6.07 Å². The largest absolute Gasteiger partial charge is 0.480 e. The second-order valence-electron chi connectivity index (χ2n) is 3.07. The minimum absolute atomic E-state index is 0.432. The van der Waals surface area contributed by atoms with Crippen molar-refractivity contribution in [3.63, 3.8) is 0 Å². The van der Waals surface area contributed by atoms with Gasteiger partial charge in [0.1, 0.15) is 11.6 Å². The van der Waals surface area contributed by atoms with Gasteiger partial charge in [-0.05, 0) is 24.5 Å². The first-order chi connectivity index (χ1) is 6.83. The van der Waals surface area contributed by atoms with Gasteiger partial charge in [0.15, 0.2) is 0 Å². The molecule has 0 N–H and O–H groups in total. The van der Waals surface area contributed by atoms with Crippen LogP contribution in [0.25, 0.3) is 0 Å². The maximum Gasteiger partial charge on any atom is 0.231 e. The molecule has 0 aliphatic rings. The molecule has 3 heteroatoms. The number of hydrogen-bond donors (Lipinski definition) is 0. The van der Waals surface area contributed by atoms with E-state index in [0.717, 1.165) is 24.8 Å². The second-order valence-corrected chi connectivity index (χ2v) is 3.07. The van der Waals surface area contributed by atoms with Crippen molar-refractivity contribution in [2.24, 2.45) is 0 Å². The summed E-state index contributed by atoms with van der Waals surface area (Å²) in [5.41, 5.74) is 1.60.